The van der Waals surface area contributed by atoms with Crippen LogP contribution >= 0.6 is 0 Å². The minimum absolute atomic E-state index is 0.203. The molecule has 0 spiro atoms. The van der Waals surface area contributed by atoms with Crippen LogP contribution in [-0.4, -0.2) is 19.6 Å². The predicted octanol–water partition coefficient (Wildman–Crippen LogP) is 6.28. The molecule has 0 saturated carbocycles. The van der Waals surface area contributed by atoms with E-state index >= 15 is 0 Å². The lowest BCUT2D eigenvalue weighted by atomic mass is 9.77. The summed E-state index contributed by atoms with van der Waals surface area (Å²) in [4.78, 5) is 11.6. The first-order valence-electron chi connectivity index (χ1n) is 11.0. The number of methoxy groups -OCH3 is 1. The maximum atomic E-state index is 11.6. The lowest BCUT2D eigenvalue weighted by Gasteiger charge is -2.34. The van der Waals surface area contributed by atoms with E-state index in [1.54, 1.807) is 12.1 Å². The Morgan fingerprint density at radius 1 is 1.17 bits per heavy atom. The van der Waals surface area contributed by atoms with Crippen molar-refractivity contribution in [2.24, 2.45) is 0 Å². The minimum atomic E-state index is -0.323. The Labute approximate surface area is 181 Å². The molecule has 3 heteroatoms. The third kappa shape index (κ3) is 5.25. The second-order valence-electron chi connectivity index (χ2n) is 8.75. The van der Waals surface area contributed by atoms with E-state index in [0.717, 1.165) is 24.9 Å². The molecular weight excluding hydrogens is 370 g/mol. The van der Waals surface area contributed by atoms with Crippen molar-refractivity contribution in [3.05, 3.63) is 64.7 Å². The molecule has 3 nitrogen and oxygen atoms in total. The van der Waals surface area contributed by atoms with Crippen LogP contribution in [0.4, 0.5) is 5.69 Å². The maximum absolute atomic E-state index is 11.6. The van der Waals surface area contributed by atoms with Crippen LogP contribution in [0.3, 0.4) is 0 Å². The van der Waals surface area contributed by atoms with Crippen molar-refractivity contribution in [2.45, 2.75) is 64.2 Å². The normalized spacial score (nSPS) is 15.2. The molecule has 3 rings (SSSR count). The van der Waals surface area contributed by atoms with Gasteiger partial charge in [0.05, 0.1) is 12.7 Å². The van der Waals surface area contributed by atoms with E-state index in [4.69, 9.17) is 4.74 Å². The second-order valence-corrected chi connectivity index (χ2v) is 8.75. The van der Waals surface area contributed by atoms with Gasteiger partial charge in [-0.25, -0.2) is 4.79 Å². The number of carbonyl (C=O) groups excluding carboxylic acids is 1. The third-order valence-corrected chi connectivity index (χ3v) is 6.03. The monoisotopic (exact) mass is 403 g/mol. The molecule has 0 amide bonds. The zero-order chi connectivity index (χ0) is 21.6. The molecule has 1 N–H and O–H groups in total. The van der Waals surface area contributed by atoms with E-state index in [1.807, 2.05) is 12.1 Å². The van der Waals surface area contributed by atoms with Crippen molar-refractivity contribution in [1.82, 2.24) is 0 Å². The Hall–Kier alpha value is -2.73. The average Bonchev–Trinajstić information content (AvgIpc) is 2.75. The van der Waals surface area contributed by atoms with Crippen LogP contribution in [0.25, 0.3) is 0 Å². The number of nitrogens with one attached hydrogen (secondary N) is 1. The molecule has 158 valence electrons. The lowest BCUT2D eigenvalue weighted by molar-refractivity contribution is 0.0600. The number of unbranched alkanes of at least 4 members (excludes halogenated alkanes) is 2. The summed E-state index contributed by atoms with van der Waals surface area (Å²) in [6, 6.07) is 14.2. The smallest absolute Gasteiger partial charge is 0.337 e. The summed E-state index contributed by atoms with van der Waals surface area (Å²) < 4.78 is 4.77. The summed E-state index contributed by atoms with van der Waals surface area (Å²) in [5.41, 5.74) is 5.62. The minimum Gasteiger partial charge on any atom is -0.465 e. The molecule has 1 heterocycles. The number of fused-ring (bicyclic) bond motifs is 1. The van der Waals surface area contributed by atoms with Crippen LogP contribution < -0.4 is 5.32 Å². The van der Waals surface area contributed by atoms with Crippen LogP contribution in [-0.2, 0) is 10.2 Å². The Morgan fingerprint density at radius 2 is 1.93 bits per heavy atom. The fourth-order valence-electron chi connectivity index (χ4n) is 4.06. The Kier molecular flexibility index (Phi) is 7.21. The van der Waals surface area contributed by atoms with Gasteiger partial charge < -0.3 is 10.1 Å². The van der Waals surface area contributed by atoms with Gasteiger partial charge in [0.1, 0.15) is 0 Å². The van der Waals surface area contributed by atoms with Crippen LogP contribution in [0.5, 0.6) is 0 Å². The zero-order valence-electron chi connectivity index (χ0n) is 18.7. The maximum Gasteiger partial charge on any atom is 0.337 e. The van der Waals surface area contributed by atoms with Gasteiger partial charge in [-0.15, -0.1) is 0 Å². The molecule has 1 aliphatic rings. The lowest BCUT2D eigenvalue weighted by Crippen LogP contribution is -2.28. The highest BCUT2D eigenvalue weighted by molar-refractivity contribution is 5.89. The molecule has 0 aliphatic carbocycles. The number of esters is 1. The summed E-state index contributed by atoms with van der Waals surface area (Å²) in [5, 5.41) is 3.58. The molecule has 1 aliphatic heterocycles. The molecule has 0 saturated heterocycles. The Bertz CT molecular complexity index is 932. The van der Waals surface area contributed by atoms with E-state index < -0.39 is 0 Å². The van der Waals surface area contributed by atoms with Crippen molar-refractivity contribution < 1.29 is 9.53 Å². The van der Waals surface area contributed by atoms with Crippen LogP contribution in [0.15, 0.2) is 42.5 Å². The SMILES string of the molecule is CCCCCC(C#Cc1ccc(C(=O)OC)cc1)c1ccc2c(c1)NCCC2(C)C. The number of benzene rings is 2. The third-order valence-electron chi connectivity index (χ3n) is 6.03. The number of rotatable bonds is 6. The van der Waals surface area contributed by atoms with Gasteiger partial charge in [-0.2, -0.15) is 0 Å². The van der Waals surface area contributed by atoms with Gasteiger partial charge in [0.25, 0.3) is 0 Å². The fraction of sp³-hybridized carbons (Fsp3) is 0.444. The van der Waals surface area contributed by atoms with Gasteiger partial charge in [0.15, 0.2) is 0 Å². The van der Waals surface area contributed by atoms with Gasteiger partial charge in [0.2, 0.25) is 0 Å². The van der Waals surface area contributed by atoms with Crippen molar-refractivity contribution in [1.29, 1.82) is 0 Å². The van der Waals surface area contributed by atoms with Gasteiger partial charge in [0, 0.05) is 23.7 Å². The molecular formula is C27H33NO2. The first-order chi connectivity index (χ1) is 14.4. The van der Waals surface area contributed by atoms with Gasteiger partial charge in [-0.3, -0.25) is 0 Å². The summed E-state index contributed by atoms with van der Waals surface area (Å²) in [7, 11) is 1.39. The Morgan fingerprint density at radius 3 is 2.63 bits per heavy atom. The van der Waals surface area contributed by atoms with E-state index in [2.05, 4.69) is 56.1 Å². The molecule has 1 unspecified atom stereocenters. The van der Waals surface area contributed by atoms with E-state index in [-0.39, 0.29) is 17.3 Å². The molecule has 0 fully saturated rings. The van der Waals surface area contributed by atoms with Crippen LogP contribution in [0.1, 0.15) is 85.8 Å². The second kappa shape index (κ2) is 9.85. The highest BCUT2D eigenvalue weighted by Crippen LogP contribution is 2.38. The first-order valence-corrected chi connectivity index (χ1v) is 11.0. The van der Waals surface area contributed by atoms with Gasteiger partial charge >= 0.3 is 5.97 Å². The summed E-state index contributed by atoms with van der Waals surface area (Å²) in [6.07, 6.45) is 5.81. The van der Waals surface area contributed by atoms with Crippen molar-refractivity contribution in [2.75, 3.05) is 19.0 Å². The van der Waals surface area contributed by atoms with Crippen molar-refractivity contribution in [3.63, 3.8) is 0 Å². The largest absolute Gasteiger partial charge is 0.465 e. The molecule has 0 aromatic heterocycles. The van der Waals surface area contributed by atoms with Gasteiger partial charge in [-0.05, 0) is 59.7 Å². The number of anilines is 1. The van der Waals surface area contributed by atoms with Gasteiger partial charge in [-0.1, -0.05) is 64.0 Å². The molecule has 30 heavy (non-hydrogen) atoms. The number of hydrogen-bond acceptors (Lipinski definition) is 3. The molecule has 1 atom stereocenters. The van der Waals surface area contributed by atoms with Crippen LogP contribution in [0, 0.1) is 11.8 Å². The molecule has 0 bridgehead atoms. The fourth-order valence-corrected chi connectivity index (χ4v) is 4.06. The summed E-state index contributed by atoms with van der Waals surface area (Å²) in [5.74, 6) is 6.72. The number of ether oxygens (including phenoxy) is 1. The Balaban J connectivity index is 1.85. The van der Waals surface area contributed by atoms with Crippen molar-refractivity contribution in [3.8, 4) is 11.8 Å². The molecule has 0 radical (unpaired) electrons. The quantitative estimate of drug-likeness (QED) is 0.350. The van der Waals surface area contributed by atoms with Crippen molar-refractivity contribution >= 4 is 11.7 Å². The topological polar surface area (TPSA) is 38.3 Å². The molecule has 2 aromatic carbocycles. The van der Waals surface area contributed by atoms with E-state index in [0.29, 0.717) is 5.56 Å². The molecule has 2 aromatic rings. The highest BCUT2D eigenvalue weighted by atomic mass is 16.5. The summed E-state index contributed by atoms with van der Waals surface area (Å²) in [6.45, 7) is 7.89. The highest BCUT2D eigenvalue weighted by Gasteiger charge is 2.27. The average molecular weight is 404 g/mol. The predicted molar refractivity (Wildman–Crippen MR) is 124 cm³/mol. The number of carbonyl (C=O) groups is 1. The standard InChI is InChI=1S/C27H33NO2/c1-5-6-7-8-21(12-9-20-10-13-22(14-11-20)26(29)30-4)23-15-16-24-25(19-23)28-18-17-27(24,2)3/h10-11,13-16,19,21,28H,5-8,17-18H2,1-4H3. The first kappa shape index (κ1) is 22.0. The van der Waals surface area contributed by atoms with E-state index in [9.17, 15) is 4.79 Å². The summed E-state index contributed by atoms with van der Waals surface area (Å²) >= 11 is 0. The van der Waals surface area contributed by atoms with E-state index in [1.165, 1.54) is 43.2 Å². The number of hydrogen-bond donors (Lipinski definition) is 1. The zero-order valence-corrected chi connectivity index (χ0v) is 18.7. The van der Waals surface area contributed by atoms with Crippen LogP contribution in [0.2, 0.25) is 0 Å².